The van der Waals surface area contributed by atoms with E-state index < -0.39 is 5.41 Å². The van der Waals surface area contributed by atoms with Crippen molar-refractivity contribution in [2.75, 3.05) is 30.5 Å². The number of amides is 2. The molecule has 0 radical (unpaired) electrons. The number of carbonyl (C=O) groups excluding carboxylic acids is 2. The molecule has 7 heteroatoms. The van der Waals surface area contributed by atoms with E-state index in [0.29, 0.717) is 39.7 Å². The molecule has 2 amide bonds. The van der Waals surface area contributed by atoms with Crippen LogP contribution in [0.4, 0.5) is 11.4 Å². The molecule has 0 saturated heterocycles. The highest BCUT2D eigenvalue weighted by Gasteiger charge is 2.37. The molecule has 0 aromatic heterocycles. The molecule has 0 aliphatic carbocycles. The summed E-state index contributed by atoms with van der Waals surface area (Å²) in [5, 5.41) is 2.91. The van der Waals surface area contributed by atoms with Crippen LogP contribution >= 0.6 is 15.9 Å². The van der Waals surface area contributed by atoms with Gasteiger partial charge in [0.15, 0.2) is 0 Å². The minimum atomic E-state index is -0.634. The molecule has 0 atom stereocenters. The van der Waals surface area contributed by atoms with Crippen molar-refractivity contribution in [2.24, 2.45) is 11.3 Å². The summed E-state index contributed by atoms with van der Waals surface area (Å²) in [5.74, 6) is 1.44. The van der Waals surface area contributed by atoms with Gasteiger partial charge in [-0.3, -0.25) is 9.59 Å². The number of halogens is 1. The molecule has 0 unspecified atom stereocenters. The van der Waals surface area contributed by atoms with Gasteiger partial charge in [0, 0.05) is 22.8 Å². The maximum atomic E-state index is 13.1. The minimum absolute atomic E-state index is 0.0454. The van der Waals surface area contributed by atoms with Gasteiger partial charge in [-0.1, -0.05) is 13.8 Å². The zero-order chi connectivity index (χ0) is 22.8. The van der Waals surface area contributed by atoms with E-state index in [0.717, 1.165) is 12.1 Å². The number of anilines is 2. The number of ether oxygens (including phenoxy) is 2. The molecule has 1 aliphatic rings. The second kappa shape index (κ2) is 9.30. The van der Waals surface area contributed by atoms with E-state index in [1.165, 1.54) is 0 Å². The highest BCUT2D eigenvalue weighted by atomic mass is 79.9. The van der Waals surface area contributed by atoms with Gasteiger partial charge in [0.25, 0.3) is 5.91 Å². The van der Waals surface area contributed by atoms with Gasteiger partial charge >= 0.3 is 0 Å². The smallest absolute Gasteiger partial charge is 0.256 e. The molecule has 0 fully saturated rings. The number of carbonyl (C=O) groups is 2. The normalized spacial score (nSPS) is 15.2. The molecule has 6 nitrogen and oxygen atoms in total. The van der Waals surface area contributed by atoms with Crippen LogP contribution in [0.3, 0.4) is 0 Å². The third kappa shape index (κ3) is 5.21. The largest absolute Gasteiger partial charge is 0.497 e. The number of nitrogens with one attached hydrogen (secondary N) is 1. The standard InChI is InChI=1S/C24H29BrN2O4/c1-15(2)10-11-27-20-9-6-16(12-21(20)31-14-24(3,4)23(27)29)26-22(28)18-13-17(30-5)7-8-19(18)25/h6-9,12-13,15H,10-11,14H2,1-5H3,(H,26,28). The summed E-state index contributed by atoms with van der Waals surface area (Å²) in [6.45, 7) is 8.97. The molecule has 0 saturated carbocycles. The first kappa shape index (κ1) is 23.1. The average Bonchev–Trinajstić information content (AvgIpc) is 2.81. The molecular weight excluding hydrogens is 460 g/mol. The Morgan fingerprint density at radius 2 is 2.00 bits per heavy atom. The Kier molecular flexibility index (Phi) is 6.94. The zero-order valence-corrected chi connectivity index (χ0v) is 20.2. The Hall–Kier alpha value is -2.54. The highest BCUT2D eigenvalue weighted by molar-refractivity contribution is 9.10. The van der Waals surface area contributed by atoms with Crippen molar-refractivity contribution < 1.29 is 19.1 Å². The van der Waals surface area contributed by atoms with E-state index >= 15 is 0 Å². The highest BCUT2D eigenvalue weighted by Crippen LogP contribution is 2.38. The Balaban J connectivity index is 1.89. The van der Waals surface area contributed by atoms with Gasteiger partial charge in [-0.2, -0.15) is 0 Å². The van der Waals surface area contributed by atoms with Gasteiger partial charge < -0.3 is 19.7 Å². The first-order valence-electron chi connectivity index (χ1n) is 10.4. The summed E-state index contributed by atoms with van der Waals surface area (Å²) in [5.41, 5.74) is 1.15. The minimum Gasteiger partial charge on any atom is -0.497 e. The van der Waals surface area contributed by atoms with E-state index in [2.05, 4.69) is 35.1 Å². The predicted molar refractivity (Wildman–Crippen MR) is 126 cm³/mol. The van der Waals surface area contributed by atoms with E-state index in [-0.39, 0.29) is 18.4 Å². The van der Waals surface area contributed by atoms with Gasteiger partial charge in [0.05, 0.1) is 23.8 Å². The van der Waals surface area contributed by atoms with Crippen LogP contribution in [0.1, 0.15) is 44.5 Å². The third-order valence-corrected chi connectivity index (χ3v) is 5.96. The molecule has 166 valence electrons. The molecule has 0 bridgehead atoms. The SMILES string of the molecule is COc1ccc(Br)c(C(=O)Nc2ccc3c(c2)OCC(C)(C)C(=O)N3CCC(C)C)c1. The molecule has 31 heavy (non-hydrogen) atoms. The quantitative estimate of drug-likeness (QED) is 0.581. The van der Waals surface area contributed by atoms with Gasteiger partial charge in [-0.15, -0.1) is 0 Å². The molecule has 2 aromatic carbocycles. The van der Waals surface area contributed by atoms with Crippen LogP contribution in [0.15, 0.2) is 40.9 Å². The molecule has 3 rings (SSSR count). The van der Waals surface area contributed by atoms with Crippen molar-refractivity contribution in [2.45, 2.75) is 34.1 Å². The molecule has 1 heterocycles. The number of methoxy groups -OCH3 is 1. The van der Waals surface area contributed by atoms with Gasteiger partial charge in [0.2, 0.25) is 5.91 Å². The Morgan fingerprint density at radius 1 is 1.26 bits per heavy atom. The van der Waals surface area contributed by atoms with E-state index in [4.69, 9.17) is 9.47 Å². The van der Waals surface area contributed by atoms with Crippen molar-refractivity contribution in [3.05, 3.63) is 46.4 Å². The fourth-order valence-corrected chi connectivity index (χ4v) is 3.76. The predicted octanol–water partition coefficient (Wildman–Crippen LogP) is 5.51. The van der Waals surface area contributed by atoms with E-state index in [9.17, 15) is 9.59 Å². The van der Waals surface area contributed by atoms with Crippen LogP contribution in [-0.2, 0) is 4.79 Å². The zero-order valence-electron chi connectivity index (χ0n) is 18.6. The van der Waals surface area contributed by atoms with Crippen LogP contribution in [0.5, 0.6) is 11.5 Å². The van der Waals surface area contributed by atoms with Crippen molar-refractivity contribution in [3.63, 3.8) is 0 Å². The lowest BCUT2D eigenvalue weighted by molar-refractivity contribution is -0.127. The first-order valence-corrected chi connectivity index (χ1v) is 11.2. The van der Waals surface area contributed by atoms with Crippen molar-refractivity contribution in [3.8, 4) is 11.5 Å². The lowest BCUT2D eigenvalue weighted by Crippen LogP contribution is -2.42. The Morgan fingerprint density at radius 3 is 2.68 bits per heavy atom. The number of hydrogen-bond acceptors (Lipinski definition) is 4. The van der Waals surface area contributed by atoms with Gasteiger partial charge in [0.1, 0.15) is 18.1 Å². The van der Waals surface area contributed by atoms with Crippen molar-refractivity contribution >= 4 is 39.1 Å². The average molecular weight is 489 g/mol. The maximum Gasteiger partial charge on any atom is 0.256 e. The monoisotopic (exact) mass is 488 g/mol. The maximum absolute atomic E-state index is 13.1. The summed E-state index contributed by atoms with van der Waals surface area (Å²) in [6, 6.07) is 10.6. The number of rotatable bonds is 6. The second-order valence-electron chi connectivity index (χ2n) is 8.79. The lowest BCUT2D eigenvalue weighted by Gasteiger charge is -2.28. The van der Waals surface area contributed by atoms with Crippen LogP contribution < -0.4 is 19.7 Å². The fraction of sp³-hybridized carbons (Fsp3) is 0.417. The first-order chi connectivity index (χ1) is 14.6. The summed E-state index contributed by atoms with van der Waals surface area (Å²) in [7, 11) is 1.56. The number of fused-ring (bicyclic) bond motifs is 1. The molecule has 1 aliphatic heterocycles. The molecule has 2 aromatic rings. The second-order valence-corrected chi connectivity index (χ2v) is 9.65. The number of hydrogen-bond donors (Lipinski definition) is 1. The fourth-order valence-electron chi connectivity index (χ4n) is 3.34. The van der Waals surface area contributed by atoms with Gasteiger partial charge in [-0.25, -0.2) is 0 Å². The Labute approximate surface area is 192 Å². The van der Waals surface area contributed by atoms with Crippen LogP contribution in [0.2, 0.25) is 0 Å². The third-order valence-electron chi connectivity index (χ3n) is 5.27. The summed E-state index contributed by atoms with van der Waals surface area (Å²) in [4.78, 5) is 27.8. The molecule has 1 N–H and O–H groups in total. The van der Waals surface area contributed by atoms with Crippen LogP contribution in [0.25, 0.3) is 0 Å². The Bertz CT molecular complexity index is 988. The van der Waals surface area contributed by atoms with E-state index in [1.54, 1.807) is 37.4 Å². The topological polar surface area (TPSA) is 67.9 Å². The van der Waals surface area contributed by atoms with Crippen molar-refractivity contribution in [1.82, 2.24) is 0 Å². The number of nitrogens with zero attached hydrogens (tertiary/aromatic N) is 1. The van der Waals surface area contributed by atoms with Crippen molar-refractivity contribution in [1.29, 1.82) is 0 Å². The van der Waals surface area contributed by atoms with Crippen LogP contribution in [0, 0.1) is 11.3 Å². The lowest BCUT2D eigenvalue weighted by atomic mass is 9.92. The van der Waals surface area contributed by atoms with Crippen LogP contribution in [-0.4, -0.2) is 32.1 Å². The molecule has 0 spiro atoms. The summed E-state index contributed by atoms with van der Waals surface area (Å²) in [6.07, 6.45) is 0.892. The van der Waals surface area contributed by atoms with Gasteiger partial charge in [-0.05, 0) is 72.4 Å². The summed E-state index contributed by atoms with van der Waals surface area (Å²) < 4.78 is 11.9. The summed E-state index contributed by atoms with van der Waals surface area (Å²) >= 11 is 3.41. The van der Waals surface area contributed by atoms with E-state index in [1.807, 2.05) is 24.8 Å². The molecular formula is C24H29BrN2O4. The number of benzene rings is 2.